The van der Waals surface area contributed by atoms with E-state index in [4.69, 9.17) is 11.6 Å². The summed E-state index contributed by atoms with van der Waals surface area (Å²) in [6, 6.07) is 16.5. The molecule has 2 aromatic heterocycles. The zero-order chi connectivity index (χ0) is 21.5. The summed E-state index contributed by atoms with van der Waals surface area (Å²) in [5.74, 6) is -0.0784. The average molecular weight is 431 g/mol. The maximum Gasteiger partial charge on any atom is 0.273 e. The summed E-state index contributed by atoms with van der Waals surface area (Å²) in [4.78, 5) is 19.4. The minimum Gasteiger partial charge on any atom is -0.507 e. The van der Waals surface area contributed by atoms with E-state index in [2.05, 4.69) is 15.2 Å². The normalized spacial score (nSPS) is 15.4. The number of phenolic OH excluding ortho intramolecular Hbond substituents is 1. The number of aromatic nitrogens is 3. The van der Waals surface area contributed by atoms with Gasteiger partial charge in [0.25, 0.3) is 5.91 Å². The molecule has 1 atom stereocenters. The molecule has 3 heterocycles. The SMILES string of the molecule is Cc1cc(O)c(-c2n[nH]c3c2[C@H](c2ccccc2)N(Cc2cccnc2)C3=O)cc1Cl. The first-order valence-electron chi connectivity index (χ1n) is 9.87. The summed E-state index contributed by atoms with van der Waals surface area (Å²) in [7, 11) is 0. The van der Waals surface area contributed by atoms with Gasteiger partial charge in [-0.25, -0.2) is 0 Å². The largest absolute Gasteiger partial charge is 0.507 e. The maximum atomic E-state index is 13.4. The number of benzene rings is 2. The molecule has 1 amide bonds. The number of halogens is 1. The van der Waals surface area contributed by atoms with Crippen LogP contribution in [0.2, 0.25) is 5.02 Å². The first-order chi connectivity index (χ1) is 15.0. The van der Waals surface area contributed by atoms with Crippen molar-refractivity contribution in [3.63, 3.8) is 0 Å². The van der Waals surface area contributed by atoms with Gasteiger partial charge in [-0.2, -0.15) is 5.10 Å². The fourth-order valence-corrected chi connectivity index (χ4v) is 4.25. The number of carbonyl (C=O) groups excluding carboxylic acids is 1. The Kier molecular flexibility index (Phi) is 4.71. The number of nitrogens with one attached hydrogen (secondary N) is 1. The summed E-state index contributed by atoms with van der Waals surface area (Å²) < 4.78 is 0. The van der Waals surface area contributed by atoms with Gasteiger partial charge in [0.15, 0.2) is 0 Å². The third-order valence-electron chi connectivity index (χ3n) is 5.59. The van der Waals surface area contributed by atoms with Crippen LogP contribution in [-0.4, -0.2) is 31.1 Å². The van der Waals surface area contributed by atoms with Crippen molar-refractivity contribution in [1.82, 2.24) is 20.1 Å². The van der Waals surface area contributed by atoms with Crippen LogP contribution in [0.5, 0.6) is 5.75 Å². The molecule has 0 fully saturated rings. The molecule has 4 aromatic rings. The van der Waals surface area contributed by atoms with Crippen LogP contribution in [0.3, 0.4) is 0 Å². The van der Waals surface area contributed by atoms with Gasteiger partial charge in [0.05, 0.1) is 6.04 Å². The van der Waals surface area contributed by atoms with Crippen molar-refractivity contribution in [2.24, 2.45) is 0 Å². The smallest absolute Gasteiger partial charge is 0.273 e. The lowest BCUT2D eigenvalue weighted by atomic mass is 9.95. The molecule has 6 nitrogen and oxygen atoms in total. The number of hydrogen-bond donors (Lipinski definition) is 2. The zero-order valence-electron chi connectivity index (χ0n) is 16.7. The average Bonchev–Trinajstić information content (AvgIpc) is 3.31. The van der Waals surface area contributed by atoms with E-state index in [0.29, 0.717) is 28.5 Å². The number of pyridine rings is 1. The third kappa shape index (κ3) is 3.25. The molecule has 0 aliphatic carbocycles. The van der Waals surface area contributed by atoms with Crippen molar-refractivity contribution in [3.8, 4) is 17.0 Å². The Balaban J connectivity index is 1.68. The molecule has 0 saturated carbocycles. The van der Waals surface area contributed by atoms with Gasteiger partial charge >= 0.3 is 0 Å². The highest BCUT2D eigenvalue weighted by molar-refractivity contribution is 6.31. The molecular weight excluding hydrogens is 412 g/mol. The number of fused-ring (bicyclic) bond motifs is 1. The molecule has 154 valence electrons. The van der Waals surface area contributed by atoms with Gasteiger partial charge in [-0.15, -0.1) is 0 Å². The van der Waals surface area contributed by atoms with Crippen molar-refractivity contribution in [1.29, 1.82) is 0 Å². The molecular formula is C24H19ClN4O2. The van der Waals surface area contributed by atoms with Crippen LogP contribution in [0.15, 0.2) is 67.0 Å². The number of carbonyl (C=O) groups is 1. The highest BCUT2D eigenvalue weighted by Crippen LogP contribution is 2.45. The summed E-state index contributed by atoms with van der Waals surface area (Å²) >= 11 is 6.34. The van der Waals surface area contributed by atoms with Crippen LogP contribution in [0.25, 0.3) is 11.3 Å². The van der Waals surface area contributed by atoms with Gasteiger partial charge in [0.1, 0.15) is 17.1 Å². The van der Waals surface area contributed by atoms with E-state index in [1.807, 2.05) is 49.4 Å². The first kappa shape index (κ1) is 19.3. The lowest BCUT2D eigenvalue weighted by Crippen LogP contribution is -2.29. The number of aromatic amines is 1. The van der Waals surface area contributed by atoms with Crippen LogP contribution in [0, 0.1) is 6.92 Å². The van der Waals surface area contributed by atoms with Gasteiger partial charge in [0.2, 0.25) is 0 Å². The molecule has 0 saturated heterocycles. The van der Waals surface area contributed by atoms with Crippen molar-refractivity contribution in [3.05, 3.63) is 100.0 Å². The molecule has 0 unspecified atom stereocenters. The molecule has 1 aliphatic rings. The standard InChI is InChI=1S/C24H19ClN4O2/c1-14-10-19(30)17(11-18(14)25)21-20-22(28-27-21)24(31)29(13-15-6-5-9-26-12-15)23(20)16-7-3-2-4-8-16/h2-12,23,30H,13H2,1H3,(H,27,28)/t23-/m0/s1. The number of nitrogens with zero attached hydrogens (tertiary/aromatic N) is 3. The van der Waals surface area contributed by atoms with Crippen LogP contribution < -0.4 is 0 Å². The topological polar surface area (TPSA) is 82.1 Å². The molecule has 5 rings (SSSR count). The predicted octanol–water partition coefficient (Wildman–Crippen LogP) is 4.88. The lowest BCUT2D eigenvalue weighted by molar-refractivity contribution is 0.0730. The van der Waals surface area contributed by atoms with Gasteiger partial charge in [-0.05, 0) is 41.8 Å². The highest BCUT2D eigenvalue weighted by Gasteiger charge is 2.42. The molecule has 2 N–H and O–H groups in total. The summed E-state index contributed by atoms with van der Waals surface area (Å²) in [5.41, 5.74) is 4.81. The van der Waals surface area contributed by atoms with E-state index >= 15 is 0 Å². The monoisotopic (exact) mass is 430 g/mol. The second-order valence-corrected chi connectivity index (χ2v) is 7.99. The van der Waals surface area contributed by atoms with E-state index in [9.17, 15) is 9.90 Å². The summed E-state index contributed by atoms with van der Waals surface area (Å²) in [6.07, 6.45) is 3.46. The van der Waals surface area contributed by atoms with Gasteiger partial charge in [-0.3, -0.25) is 14.9 Å². The Hall–Kier alpha value is -3.64. The molecule has 31 heavy (non-hydrogen) atoms. The van der Waals surface area contributed by atoms with Gasteiger partial charge in [-0.1, -0.05) is 48.0 Å². The molecule has 1 aliphatic heterocycles. The number of H-pyrrole nitrogens is 1. The van der Waals surface area contributed by atoms with E-state index < -0.39 is 0 Å². The summed E-state index contributed by atoms with van der Waals surface area (Å²) in [6.45, 7) is 2.22. The molecule has 2 aromatic carbocycles. The molecule has 0 bridgehead atoms. The van der Waals surface area contributed by atoms with Gasteiger partial charge in [0, 0.05) is 35.1 Å². The highest BCUT2D eigenvalue weighted by atomic mass is 35.5. The Labute approximate surface area is 184 Å². The fourth-order valence-electron chi connectivity index (χ4n) is 4.09. The van der Waals surface area contributed by atoms with Crippen molar-refractivity contribution < 1.29 is 9.90 Å². The first-order valence-corrected chi connectivity index (χ1v) is 10.2. The molecule has 7 heteroatoms. The second kappa shape index (κ2) is 7.56. The van der Waals surface area contributed by atoms with Crippen LogP contribution >= 0.6 is 11.6 Å². The lowest BCUT2D eigenvalue weighted by Gasteiger charge is -2.26. The van der Waals surface area contributed by atoms with Crippen molar-refractivity contribution in [2.45, 2.75) is 19.5 Å². The van der Waals surface area contributed by atoms with E-state index in [0.717, 1.165) is 22.3 Å². The Morgan fingerprint density at radius 1 is 1.16 bits per heavy atom. The minimum atomic E-state index is -0.364. The van der Waals surface area contributed by atoms with Crippen LogP contribution in [-0.2, 0) is 6.54 Å². The van der Waals surface area contributed by atoms with Crippen molar-refractivity contribution >= 4 is 17.5 Å². The third-order valence-corrected chi connectivity index (χ3v) is 5.99. The predicted molar refractivity (Wildman–Crippen MR) is 118 cm³/mol. The van der Waals surface area contributed by atoms with E-state index in [1.165, 1.54) is 0 Å². The number of rotatable bonds is 4. The number of amides is 1. The van der Waals surface area contributed by atoms with Crippen LogP contribution in [0.1, 0.15) is 38.8 Å². The van der Waals surface area contributed by atoms with Crippen molar-refractivity contribution in [2.75, 3.05) is 0 Å². The Morgan fingerprint density at radius 3 is 2.71 bits per heavy atom. The number of hydrogen-bond acceptors (Lipinski definition) is 4. The quantitative estimate of drug-likeness (QED) is 0.483. The number of phenols is 1. The van der Waals surface area contributed by atoms with E-state index in [1.54, 1.807) is 29.4 Å². The van der Waals surface area contributed by atoms with Crippen LogP contribution in [0.4, 0.5) is 0 Å². The number of aryl methyl sites for hydroxylation is 1. The minimum absolute atomic E-state index is 0.0705. The van der Waals surface area contributed by atoms with E-state index in [-0.39, 0.29) is 17.7 Å². The Bertz CT molecular complexity index is 1270. The fraction of sp³-hybridized carbons (Fsp3) is 0.125. The number of aromatic hydroxyl groups is 1. The Morgan fingerprint density at radius 2 is 1.97 bits per heavy atom. The second-order valence-electron chi connectivity index (χ2n) is 7.59. The van der Waals surface area contributed by atoms with Gasteiger partial charge < -0.3 is 10.0 Å². The maximum absolute atomic E-state index is 13.4. The zero-order valence-corrected chi connectivity index (χ0v) is 17.5. The molecule has 0 spiro atoms. The summed E-state index contributed by atoms with van der Waals surface area (Å²) in [5, 5.41) is 18.5. The molecule has 0 radical (unpaired) electrons.